The van der Waals surface area contributed by atoms with Crippen LogP contribution in [-0.2, 0) is 19.7 Å². The maximum absolute atomic E-state index is 12.5. The van der Waals surface area contributed by atoms with Gasteiger partial charge in [0.15, 0.2) is 12.4 Å². The van der Waals surface area contributed by atoms with E-state index >= 15 is 0 Å². The fraction of sp³-hybridized carbons (Fsp3) is 0.200. The highest BCUT2D eigenvalue weighted by molar-refractivity contribution is 5.96. The van der Waals surface area contributed by atoms with Crippen LogP contribution in [0.2, 0.25) is 0 Å². The molecule has 2 aromatic carbocycles. The Morgan fingerprint density at radius 2 is 1.77 bits per heavy atom. The first-order valence-corrected chi connectivity index (χ1v) is 10.0. The molecule has 3 aromatic rings. The zero-order valence-electron chi connectivity index (χ0n) is 17.7. The van der Waals surface area contributed by atoms with Crippen LogP contribution in [0.3, 0.4) is 0 Å². The molecule has 2 heterocycles. The number of allylic oxidation sites excluding steroid dienone is 1. The van der Waals surface area contributed by atoms with Gasteiger partial charge in [-0.15, -0.1) is 0 Å². The highest BCUT2D eigenvalue weighted by Gasteiger charge is 2.38. The van der Waals surface area contributed by atoms with E-state index in [1.807, 2.05) is 54.4 Å². The maximum Gasteiger partial charge on any atom is 0.331 e. The van der Waals surface area contributed by atoms with E-state index < -0.39 is 5.97 Å². The molecule has 0 aliphatic carbocycles. The van der Waals surface area contributed by atoms with Crippen LogP contribution in [0.25, 0.3) is 17.1 Å². The maximum atomic E-state index is 12.5. The molecule has 0 radical (unpaired) electrons. The van der Waals surface area contributed by atoms with Crippen molar-refractivity contribution in [2.45, 2.75) is 19.3 Å². The van der Waals surface area contributed by atoms with Crippen LogP contribution in [0.4, 0.5) is 5.69 Å². The number of aromatic nitrogens is 2. The first-order chi connectivity index (χ1) is 14.9. The van der Waals surface area contributed by atoms with E-state index in [0.29, 0.717) is 5.69 Å². The minimum absolute atomic E-state index is 0.269. The van der Waals surface area contributed by atoms with Crippen molar-refractivity contribution >= 4 is 34.5 Å². The smallest absolute Gasteiger partial charge is 0.331 e. The van der Waals surface area contributed by atoms with Gasteiger partial charge in [-0.05, 0) is 29.8 Å². The molecule has 1 aliphatic rings. The Morgan fingerprint density at radius 1 is 1.06 bits per heavy atom. The second-order valence-electron chi connectivity index (χ2n) is 7.92. The molecule has 0 fully saturated rings. The third-order valence-corrected chi connectivity index (χ3v) is 5.45. The van der Waals surface area contributed by atoms with Gasteiger partial charge in [0.05, 0.1) is 22.9 Å². The van der Waals surface area contributed by atoms with Gasteiger partial charge in [0.25, 0.3) is 0 Å². The molecule has 1 aromatic heterocycles. The lowest BCUT2D eigenvalue weighted by molar-refractivity contribution is -0.141. The quantitative estimate of drug-likeness (QED) is 0.464. The molecule has 156 valence electrons. The van der Waals surface area contributed by atoms with Crippen LogP contribution in [-0.4, -0.2) is 35.4 Å². The second-order valence-corrected chi connectivity index (χ2v) is 7.92. The van der Waals surface area contributed by atoms with Crippen LogP contribution in [0.5, 0.6) is 0 Å². The van der Waals surface area contributed by atoms with Crippen molar-refractivity contribution in [3.8, 4) is 0 Å². The number of ether oxygens (including phenoxy) is 1. The summed E-state index contributed by atoms with van der Waals surface area (Å²) in [4.78, 5) is 35.3. The first-order valence-electron chi connectivity index (χ1n) is 10.0. The summed E-state index contributed by atoms with van der Waals surface area (Å²) in [6.07, 6.45) is 5.92. The van der Waals surface area contributed by atoms with E-state index in [-0.39, 0.29) is 17.8 Å². The summed E-state index contributed by atoms with van der Waals surface area (Å²) < 4.78 is 5.12. The van der Waals surface area contributed by atoms with Gasteiger partial charge < -0.3 is 9.64 Å². The molecule has 0 bridgehead atoms. The molecule has 0 atom stereocenters. The standard InChI is InChI=1S/C25H23N3O3/c1-25(2)19-8-4-7-11-22(19)28(3)23(25)14-18(29)16-31-24(30)13-12-17-15-26-20-9-5-6-10-21(20)27-17/h4-15H,16H2,1-3H3/b13-12-,23-14+. The SMILES string of the molecule is CN1/C(=C/C(=O)COC(=O)/C=C\c2cnc3ccccc3n2)C(C)(C)c2ccccc21. The number of fused-ring (bicyclic) bond motifs is 2. The predicted molar refractivity (Wildman–Crippen MR) is 120 cm³/mol. The molecular formula is C25H23N3O3. The second kappa shape index (κ2) is 8.14. The highest BCUT2D eigenvalue weighted by atomic mass is 16.5. The Labute approximate surface area is 180 Å². The lowest BCUT2D eigenvalue weighted by Crippen LogP contribution is -2.25. The molecular weight excluding hydrogens is 390 g/mol. The average molecular weight is 413 g/mol. The van der Waals surface area contributed by atoms with Gasteiger partial charge in [-0.2, -0.15) is 0 Å². The predicted octanol–water partition coefficient (Wildman–Crippen LogP) is 4.07. The molecule has 0 saturated heterocycles. The largest absolute Gasteiger partial charge is 0.454 e. The topological polar surface area (TPSA) is 72.4 Å². The number of para-hydroxylation sites is 3. The average Bonchev–Trinajstić information content (AvgIpc) is 2.97. The number of carbonyl (C=O) groups excluding carboxylic acids is 2. The van der Waals surface area contributed by atoms with E-state index in [9.17, 15) is 9.59 Å². The molecule has 4 rings (SSSR count). The number of rotatable bonds is 5. The molecule has 6 heteroatoms. The fourth-order valence-electron chi connectivity index (χ4n) is 3.85. The molecule has 0 saturated carbocycles. The molecule has 0 unspecified atom stereocenters. The van der Waals surface area contributed by atoms with Gasteiger partial charge >= 0.3 is 5.97 Å². The molecule has 1 aliphatic heterocycles. The van der Waals surface area contributed by atoms with E-state index in [2.05, 4.69) is 29.9 Å². The molecule has 0 N–H and O–H groups in total. The van der Waals surface area contributed by atoms with Gasteiger partial charge in [-0.25, -0.2) is 9.78 Å². The summed E-state index contributed by atoms with van der Waals surface area (Å²) in [6.45, 7) is 3.83. The zero-order chi connectivity index (χ0) is 22.0. The van der Waals surface area contributed by atoms with Crippen LogP contribution in [0.1, 0.15) is 25.1 Å². The lowest BCUT2D eigenvalue weighted by atomic mass is 9.83. The number of likely N-dealkylation sites (N-methyl/N-ethyl adjacent to an activating group) is 1. The van der Waals surface area contributed by atoms with Crippen LogP contribution < -0.4 is 4.90 Å². The monoisotopic (exact) mass is 413 g/mol. The molecule has 0 spiro atoms. The summed E-state index contributed by atoms with van der Waals surface area (Å²) in [5, 5.41) is 0. The van der Waals surface area contributed by atoms with Crippen molar-refractivity contribution in [1.29, 1.82) is 0 Å². The Morgan fingerprint density at radius 3 is 2.55 bits per heavy atom. The Hall–Kier alpha value is -3.80. The van der Waals surface area contributed by atoms with Crippen LogP contribution in [0.15, 0.2) is 72.6 Å². The Kier molecular flexibility index (Phi) is 5.38. The fourth-order valence-corrected chi connectivity index (χ4v) is 3.85. The number of anilines is 1. The van der Waals surface area contributed by atoms with E-state index in [1.165, 1.54) is 12.2 Å². The minimum atomic E-state index is -0.607. The van der Waals surface area contributed by atoms with Crippen molar-refractivity contribution in [3.63, 3.8) is 0 Å². The number of nitrogens with zero attached hydrogens (tertiary/aromatic N) is 3. The normalized spacial score (nSPS) is 16.1. The number of carbonyl (C=O) groups is 2. The summed E-state index contributed by atoms with van der Waals surface area (Å²) in [5.74, 6) is -0.876. The van der Waals surface area contributed by atoms with Crippen molar-refractivity contribution in [2.24, 2.45) is 0 Å². The van der Waals surface area contributed by atoms with Gasteiger partial charge in [-0.3, -0.25) is 9.78 Å². The van der Waals surface area contributed by atoms with Crippen molar-refractivity contribution in [1.82, 2.24) is 9.97 Å². The summed E-state index contributed by atoms with van der Waals surface area (Å²) >= 11 is 0. The summed E-state index contributed by atoms with van der Waals surface area (Å²) in [6, 6.07) is 15.5. The molecule has 31 heavy (non-hydrogen) atoms. The van der Waals surface area contributed by atoms with Crippen molar-refractivity contribution in [3.05, 3.63) is 83.8 Å². The highest BCUT2D eigenvalue weighted by Crippen LogP contribution is 2.46. The van der Waals surface area contributed by atoms with Gasteiger partial charge in [-0.1, -0.05) is 44.2 Å². The van der Waals surface area contributed by atoms with E-state index in [0.717, 1.165) is 28.0 Å². The van der Waals surface area contributed by atoms with Gasteiger partial charge in [0, 0.05) is 36.0 Å². The zero-order valence-corrected chi connectivity index (χ0v) is 17.7. The van der Waals surface area contributed by atoms with Gasteiger partial charge in [0.1, 0.15) is 0 Å². The summed E-state index contributed by atoms with van der Waals surface area (Å²) in [7, 11) is 1.94. The van der Waals surface area contributed by atoms with Crippen LogP contribution >= 0.6 is 0 Å². The summed E-state index contributed by atoms with van der Waals surface area (Å²) in [5.41, 5.74) is 4.86. The lowest BCUT2D eigenvalue weighted by Gasteiger charge is -2.23. The number of benzene rings is 2. The number of ketones is 1. The first kappa shape index (κ1) is 20.5. The van der Waals surface area contributed by atoms with E-state index in [1.54, 1.807) is 12.3 Å². The molecule has 0 amide bonds. The minimum Gasteiger partial charge on any atom is -0.454 e. The van der Waals surface area contributed by atoms with Crippen molar-refractivity contribution < 1.29 is 14.3 Å². The third kappa shape index (κ3) is 4.10. The Balaban J connectivity index is 1.39. The Bertz CT molecular complexity index is 1230. The van der Waals surface area contributed by atoms with Gasteiger partial charge in [0.2, 0.25) is 0 Å². The number of hydrogen-bond acceptors (Lipinski definition) is 6. The third-order valence-electron chi connectivity index (χ3n) is 5.45. The number of hydrogen-bond donors (Lipinski definition) is 0. The van der Waals surface area contributed by atoms with Crippen molar-refractivity contribution in [2.75, 3.05) is 18.6 Å². The van der Waals surface area contributed by atoms with Crippen LogP contribution in [0, 0.1) is 0 Å². The number of esters is 1. The molecule has 6 nitrogen and oxygen atoms in total. The van der Waals surface area contributed by atoms with E-state index in [4.69, 9.17) is 4.74 Å².